The van der Waals surface area contributed by atoms with Crippen LogP contribution >= 0.6 is 41.6 Å². The number of nitro groups is 1. The molecule has 3 atom stereocenters. The average Bonchev–Trinajstić information content (AvgIpc) is 3.38. The molecule has 1 amide bonds. The second-order valence-corrected chi connectivity index (χ2v) is 13.3. The summed E-state index contributed by atoms with van der Waals surface area (Å²) in [5, 5.41) is 11.0. The highest BCUT2D eigenvalue weighted by molar-refractivity contribution is 8.15. The second-order valence-electron chi connectivity index (χ2n) is 9.23. The van der Waals surface area contributed by atoms with Crippen LogP contribution in [-0.4, -0.2) is 44.8 Å². The monoisotopic (exact) mass is 677 g/mol. The summed E-state index contributed by atoms with van der Waals surface area (Å²) in [6.07, 6.45) is 0. The minimum absolute atomic E-state index is 0.0227. The fraction of sp³-hybridized carbons (Fsp3) is 0.179. The minimum atomic E-state index is -4.45. The Bertz CT molecular complexity index is 1710. The number of halogens is 2. The van der Waals surface area contributed by atoms with Gasteiger partial charge in [0.2, 0.25) is 0 Å². The number of amides is 1. The van der Waals surface area contributed by atoms with Crippen molar-refractivity contribution in [3.05, 3.63) is 111 Å². The molecule has 0 N–H and O–H groups in total. The zero-order valence-electron chi connectivity index (χ0n) is 22.7. The highest BCUT2D eigenvalue weighted by Gasteiger charge is 2.56. The molecule has 3 unspecified atom stereocenters. The molecule has 5 rings (SSSR count). The van der Waals surface area contributed by atoms with E-state index < -0.39 is 35.2 Å². The molecule has 0 aliphatic carbocycles. The summed E-state index contributed by atoms with van der Waals surface area (Å²) in [5.74, 6) is -1.25. The smallest absolute Gasteiger partial charge is 0.487 e. The normalized spacial score (nSPS) is 19.0. The van der Waals surface area contributed by atoms with Crippen molar-refractivity contribution in [3.63, 3.8) is 0 Å². The van der Waals surface area contributed by atoms with Crippen LogP contribution in [0.25, 0.3) is 0 Å². The fourth-order valence-corrected chi connectivity index (χ4v) is 6.99. The van der Waals surface area contributed by atoms with E-state index in [-0.39, 0.29) is 41.1 Å². The average molecular weight is 678 g/mol. The minimum Gasteiger partial charge on any atom is -0.487 e. The maximum absolute atomic E-state index is 13.5. The Labute approximate surface area is 265 Å². The number of allylic oxidation sites excluding steroid dienone is 1. The molecule has 2 heterocycles. The Balaban J connectivity index is 1.36. The number of hydrogen-bond acceptors (Lipinski definition) is 11. The number of carbonyl (C=O) groups is 2. The standard InChI is InChI=1S/C28H22Cl2N3O9PS/c1-17(41-43(30,38)42-22-10-6-5-9-21(22)29)25(28(35)40-15-18-11-13-19(14-12-18)33(36)37)32-26(34)24-27(32)44-23(31-24)16-39-20-7-3-2-4-8-20/h2-14,24,27H,15-16H2,1H3. The largest absolute Gasteiger partial charge is 0.530 e. The Hall–Kier alpha value is -4.03. The molecule has 0 aromatic heterocycles. The molecule has 228 valence electrons. The predicted molar refractivity (Wildman–Crippen MR) is 164 cm³/mol. The summed E-state index contributed by atoms with van der Waals surface area (Å²) < 4.78 is 35.1. The lowest BCUT2D eigenvalue weighted by molar-refractivity contribution is -0.384. The molecule has 0 radical (unpaired) electrons. The third kappa shape index (κ3) is 7.19. The van der Waals surface area contributed by atoms with Crippen molar-refractivity contribution in [3.8, 4) is 11.5 Å². The van der Waals surface area contributed by atoms with Gasteiger partial charge in [-0.3, -0.25) is 24.8 Å². The summed E-state index contributed by atoms with van der Waals surface area (Å²) in [5.41, 5.74) is -0.0581. The number of nitrogens with zero attached hydrogens (tertiary/aromatic N) is 3. The third-order valence-corrected chi connectivity index (χ3v) is 9.07. The number of benzene rings is 3. The van der Waals surface area contributed by atoms with Gasteiger partial charge in [-0.25, -0.2) is 9.36 Å². The molecule has 3 aromatic carbocycles. The van der Waals surface area contributed by atoms with Gasteiger partial charge < -0.3 is 18.5 Å². The van der Waals surface area contributed by atoms with E-state index in [1.54, 1.807) is 24.3 Å². The van der Waals surface area contributed by atoms with Gasteiger partial charge in [0.25, 0.3) is 11.6 Å². The van der Waals surface area contributed by atoms with Crippen LogP contribution in [0.1, 0.15) is 12.5 Å². The van der Waals surface area contributed by atoms with Crippen LogP contribution in [0.2, 0.25) is 5.02 Å². The number of β-lactam (4-membered cyclic amide) rings is 1. The van der Waals surface area contributed by atoms with Gasteiger partial charge in [-0.15, -0.1) is 0 Å². The molecule has 2 aliphatic rings. The van der Waals surface area contributed by atoms with Crippen molar-refractivity contribution in [1.82, 2.24) is 4.90 Å². The molecule has 3 aromatic rings. The van der Waals surface area contributed by atoms with Crippen LogP contribution in [0.3, 0.4) is 0 Å². The van der Waals surface area contributed by atoms with Crippen LogP contribution < -0.4 is 9.26 Å². The van der Waals surface area contributed by atoms with Crippen molar-refractivity contribution in [2.24, 2.45) is 4.99 Å². The van der Waals surface area contributed by atoms with Gasteiger partial charge in [0.1, 0.15) is 40.9 Å². The molecule has 12 nitrogen and oxygen atoms in total. The van der Waals surface area contributed by atoms with E-state index in [0.29, 0.717) is 16.4 Å². The van der Waals surface area contributed by atoms with Crippen molar-refractivity contribution < 1.29 is 37.6 Å². The van der Waals surface area contributed by atoms with E-state index in [2.05, 4.69) is 4.99 Å². The SMILES string of the molecule is CC(OP(=O)(Cl)Oc1ccccc1Cl)=C(C(=O)OCc1ccc([N+](=O)[O-])cc1)N1C(=O)C2N=C(COc3ccccc3)SC21. The highest BCUT2D eigenvalue weighted by atomic mass is 35.7. The zero-order chi connectivity index (χ0) is 31.4. The van der Waals surface area contributed by atoms with Gasteiger partial charge in [0.05, 0.1) is 9.95 Å². The number of ether oxygens (including phenoxy) is 2. The highest BCUT2D eigenvalue weighted by Crippen LogP contribution is 2.56. The Kier molecular flexibility index (Phi) is 9.50. The van der Waals surface area contributed by atoms with E-state index in [1.165, 1.54) is 55.1 Å². The first-order chi connectivity index (χ1) is 21.0. The molecule has 0 spiro atoms. The van der Waals surface area contributed by atoms with Gasteiger partial charge in [-0.1, -0.05) is 53.7 Å². The number of non-ortho nitro benzene ring substituents is 1. The summed E-state index contributed by atoms with van der Waals surface area (Å²) in [4.78, 5) is 42.7. The predicted octanol–water partition coefficient (Wildman–Crippen LogP) is 6.73. The molecule has 1 saturated heterocycles. The summed E-state index contributed by atoms with van der Waals surface area (Å²) >= 11 is 13.4. The van der Waals surface area contributed by atoms with Crippen LogP contribution in [0, 0.1) is 10.1 Å². The van der Waals surface area contributed by atoms with Gasteiger partial charge in [-0.05, 0) is 48.9 Å². The fourth-order valence-electron chi connectivity index (χ4n) is 4.19. The quantitative estimate of drug-likeness (QED) is 0.0384. The van der Waals surface area contributed by atoms with Gasteiger partial charge in [0.15, 0.2) is 11.7 Å². The van der Waals surface area contributed by atoms with Crippen molar-refractivity contribution in [2.75, 3.05) is 6.61 Å². The first-order valence-electron chi connectivity index (χ1n) is 12.8. The van der Waals surface area contributed by atoms with Gasteiger partial charge >= 0.3 is 12.9 Å². The zero-order valence-corrected chi connectivity index (χ0v) is 25.9. The van der Waals surface area contributed by atoms with Crippen LogP contribution in [0.15, 0.2) is 95.3 Å². The van der Waals surface area contributed by atoms with Crippen molar-refractivity contribution in [1.29, 1.82) is 0 Å². The number of aliphatic imine (C=N–C) groups is 1. The van der Waals surface area contributed by atoms with Crippen LogP contribution in [0.5, 0.6) is 11.5 Å². The van der Waals surface area contributed by atoms with E-state index in [9.17, 15) is 24.3 Å². The number of hydrogen-bond donors (Lipinski definition) is 0. The number of rotatable bonds is 12. The lowest BCUT2D eigenvalue weighted by Crippen LogP contribution is -2.61. The number of esters is 1. The van der Waals surface area contributed by atoms with Crippen molar-refractivity contribution >= 4 is 64.2 Å². The Morgan fingerprint density at radius 2 is 1.75 bits per heavy atom. The first-order valence-corrected chi connectivity index (χ1v) is 16.5. The Morgan fingerprint density at radius 1 is 1.07 bits per heavy atom. The topological polar surface area (TPSA) is 147 Å². The van der Waals surface area contributed by atoms with E-state index in [0.717, 1.165) is 4.90 Å². The van der Waals surface area contributed by atoms with Crippen LogP contribution in [-0.2, 0) is 30.0 Å². The van der Waals surface area contributed by atoms with Crippen molar-refractivity contribution in [2.45, 2.75) is 24.9 Å². The number of carbonyl (C=O) groups excluding carboxylic acids is 2. The van der Waals surface area contributed by atoms with E-state index >= 15 is 0 Å². The second kappa shape index (κ2) is 13.3. The molecule has 0 saturated carbocycles. The molecule has 0 bridgehead atoms. The summed E-state index contributed by atoms with van der Waals surface area (Å²) in [6, 6.07) is 19.8. The number of likely N-dealkylation sites (tertiary alicyclic amines) is 1. The van der Waals surface area contributed by atoms with Gasteiger partial charge in [-0.2, -0.15) is 0 Å². The Morgan fingerprint density at radius 3 is 2.43 bits per heavy atom. The summed E-state index contributed by atoms with van der Waals surface area (Å²) in [6.45, 7) is -3.35. The molecule has 1 fully saturated rings. The molecule has 44 heavy (non-hydrogen) atoms. The number of thioether (sulfide) groups is 1. The molecular weight excluding hydrogens is 656 g/mol. The van der Waals surface area contributed by atoms with Gasteiger partial charge in [0, 0.05) is 23.4 Å². The lowest BCUT2D eigenvalue weighted by atomic mass is 10.1. The molecule has 16 heteroatoms. The molecule has 2 aliphatic heterocycles. The number of nitro benzene ring substituents is 1. The third-order valence-electron chi connectivity index (χ3n) is 6.24. The van der Waals surface area contributed by atoms with Crippen LogP contribution in [0.4, 0.5) is 5.69 Å². The number of fused-ring (bicyclic) bond motifs is 1. The molecular formula is C28H22Cl2N3O9PS. The van der Waals surface area contributed by atoms with E-state index in [4.69, 9.17) is 41.4 Å². The first kappa shape index (κ1) is 31.4. The summed E-state index contributed by atoms with van der Waals surface area (Å²) in [7, 11) is 0. The lowest BCUT2D eigenvalue weighted by Gasteiger charge is -2.41. The van der Waals surface area contributed by atoms with E-state index in [1.807, 2.05) is 18.2 Å². The number of para-hydroxylation sites is 2. The maximum atomic E-state index is 13.5. The maximum Gasteiger partial charge on any atom is 0.530 e.